The molecule has 0 amide bonds. The fraction of sp³-hybridized carbons (Fsp3) is 0.0435. The summed E-state index contributed by atoms with van der Waals surface area (Å²) in [5.41, 5.74) is 10.3. The van der Waals surface area contributed by atoms with Crippen molar-refractivity contribution in [3.8, 4) is 56.4 Å². The Morgan fingerprint density at radius 3 is 1.81 bits per heavy atom. The summed E-state index contributed by atoms with van der Waals surface area (Å²) in [4.78, 5) is 27.6. The van der Waals surface area contributed by atoms with Gasteiger partial charge in [-0.1, -0.05) is 115 Å². The van der Waals surface area contributed by atoms with Gasteiger partial charge in [-0.3, -0.25) is 9.13 Å². The van der Waals surface area contributed by atoms with E-state index in [-0.39, 0.29) is 5.69 Å². The minimum atomic E-state index is -0.0429. The second-order valence-electron chi connectivity index (χ2n) is 13.4. The summed E-state index contributed by atoms with van der Waals surface area (Å²) in [6.07, 6.45) is 0. The first kappa shape index (κ1) is 30.7. The lowest BCUT2D eigenvalue weighted by atomic mass is 9.97. The van der Waals surface area contributed by atoms with Gasteiger partial charge in [-0.2, -0.15) is 0 Å². The molecule has 0 fully saturated rings. The molecule has 0 atom stereocenters. The fourth-order valence-corrected chi connectivity index (χ4v) is 7.43. The predicted octanol–water partition coefficient (Wildman–Crippen LogP) is 10.4. The molecule has 7 nitrogen and oxygen atoms in total. The molecule has 10 rings (SSSR count). The Balaban J connectivity index is 1.08. The molecule has 7 heteroatoms. The van der Waals surface area contributed by atoms with E-state index in [2.05, 4.69) is 84.9 Å². The summed E-state index contributed by atoms with van der Waals surface area (Å²) in [6, 6.07) is 51.7. The van der Waals surface area contributed by atoms with Crippen LogP contribution in [0.4, 0.5) is 0 Å². The van der Waals surface area contributed by atoms with Crippen molar-refractivity contribution >= 4 is 43.7 Å². The van der Waals surface area contributed by atoms with Gasteiger partial charge in [0, 0.05) is 41.6 Å². The van der Waals surface area contributed by atoms with E-state index in [1.165, 1.54) is 5.39 Å². The SMILES string of the molecule is Cn1c(=O)n(C)c2cc(-c3ccc(-c4nc(-c5ccccc5)nc(-c5cccc(-c6cccc7oc8cc9ccccc9cc8c67)c5)n4)cc3)ccc21. The molecule has 3 aromatic heterocycles. The van der Waals surface area contributed by atoms with Crippen molar-refractivity contribution in [2.24, 2.45) is 14.1 Å². The van der Waals surface area contributed by atoms with E-state index in [1.54, 1.807) is 23.2 Å². The third kappa shape index (κ3) is 5.13. The normalized spacial score (nSPS) is 11.7. The lowest BCUT2D eigenvalue weighted by molar-refractivity contribution is 0.669. The Kier molecular flexibility index (Phi) is 6.94. The van der Waals surface area contributed by atoms with Crippen molar-refractivity contribution in [3.63, 3.8) is 0 Å². The average Bonchev–Trinajstić information content (AvgIpc) is 3.69. The van der Waals surface area contributed by atoms with Crippen molar-refractivity contribution in [1.82, 2.24) is 24.1 Å². The summed E-state index contributed by atoms with van der Waals surface area (Å²) >= 11 is 0. The van der Waals surface area contributed by atoms with E-state index in [1.807, 2.05) is 66.7 Å². The number of aryl methyl sites for hydroxylation is 2. The van der Waals surface area contributed by atoms with Crippen LogP contribution in [0.15, 0.2) is 161 Å². The number of rotatable bonds is 5. The van der Waals surface area contributed by atoms with E-state index in [0.717, 1.165) is 77.3 Å². The highest BCUT2D eigenvalue weighted by Crippen LogP contribution is 2.39. The van der Waals surface area contributed by atoms with Crippen molar-refractivity contribution in [2.75, 3.05) is 0 Å². The number of nitrogens with zero attached hydrogens (tertiary/aromatic N) is 5. The Morgan fingerprint density at radius 2 is 1.04 bits per heavy atom. The molecule has 0 radical (unpaired) electrons. The van der Waals surface area contributed by atoms with Gasteiger partial charge in [-0.05, 0) is 69.4 Å². The number of imidazole rings is 1. The molecule has 0 saturated heterocycles. The maximum Gasteiger partial charge on any atom is 0.328 e. The number of furan rings is 1. The molecule has 3 heterocycles. The molecule has 0 aliphatic carbocycles. The Labute approximate surface area is 304 Å². The molecule has 10 aromatic rings. The van der Waals surface area contributed by atoms with Crippen LogP contribution in [-0.4, -0.2) is 24.1 Å². The summed E-state index contributed by atoms with van der Waals surface area (Å²) in [6.45, 7) is 0. The van der Waals surface area contributed by atoms with E-state index in [0.29, 0.717) is 17.5 Å². The zero-order valence-electron chi connectivity index (χ0n) is 29.0. The number of aromatic nitrogens is 5. The third-order valence-corrected chi connectivity index (χ3v) is 10.2. The topological polar surface area (TPSA) is 78.7 Å². The highest BCUT2D eigenvalue weighted by molar-refractivity contribution is 6.15. The van der Waals surface area contributed by atoms with Crippen molar-refractivity contribution in [3.05, 3.63) is 162 Å². The van der Waals surface area contributed by atoms with Crippen molar-refractivity contribution in [1.29, 1.82) is 0 Å². The number of fused-ring (bicyclic) bond motifs is 5. The minimum Gasteiger partial charge on any atom is -0.456 e. The zero-order chi connectivity index (χ0) is 35.6. The highest BCUT2D eigenvalue weighted by Gasteiger charge is 2.17. The molecular formula is C46H31N5O2. The molecule has 252 valence electrons. The highest BCUT2D eigenvalue weighted by atomic mass is 16.3. The van der Waals surface area contributed by atoms with Crippen molar-refractivity contribution in [2.45, 2.75) is 0 Å². The molecule has 7 aromatic carbocycles. The lowest BCUT2D eigenvalue weighted by Gasteiger charge is -2.11. The summed E-state index contributed by atoms with van der Waals surface area (Å²) in [7, 11) is 3.60. The van der Waals surface area contributed by atoms with Gasteiger partial charge in [0.15, 0.2) is 17.5 Å². The summed E-state index contributed by atoms with van der Waals surface area (Å²) in [5, 5.41) is 4.50. The number of hydrogen-bond acceptors (Lipinski definition) is 5. The first-order valence-electron chi connectivity index (χ1n) is 17.5. The monoisotopic (exact) mass is 685 g/mol. The first-order chi connectivity index (χ1) is 26.0. The van der Waals surface area contributed by atoms with Crippen LogP contribution >= 0.6 is 0 Å². The second kappa shape index (κ2) is 12.0. The van der Waals surface area contributed by atoms with Crippen LogP contribution < -0.4 is 5.69 Å². The van der Waals surface area contributed by atoms with Gasteiger partial charge >= 0.3 is 5.69 Å². The van der Waals surface area contributed by atoms with E-state index in [4.69, 9.17) is 19.4 Å². The predicted molar refractivity (Wildman–Crippen MR) is 214 cm³/mol. The van der Waals surface area contributed by atoms with E-state index < -0.39 is 0 Å². The standard InChI is InChI=1S/C46H31N5O2/c1-50-38-23-22-33(26-39(38)51(2)46(50)52)28-18-20-30(21-19-28)44-47-43(29-10-4-3-5-11-29)48-45(49-44)35-15-8-14-34(24-35)36-16-9-17-40-42(36)37-25-31-12-6-7-13-32(31)27-41(37)53-40/h3-27H,1-2H3. The minimum absolute atomic E-state index is 0.0429. The summed E-state index contributed by atoms with van der Waals surface area (Å²) in [5.74, 6) is 1.78. The third-order valence-electron chi connectivity index (χ3n) is 10.2. The van der Waals surface area contributed by atoms with Gasteiger partial charge < -0.3 is 4.42 Å². The Hall–Kier alpha value is -7.12. The smallest absolute Gasteiger partial charge is 0.328 e. The molecule has 53 heavy (non-hydrogen) atoms. The van der Waals surface area contributed by atoms with Crippen LogP contribution in [0.3, 0.4) is 0 Å². The van der Waals surface area contributed by atoms with Gasteiger partial charge in [0.05, 0.1) is 11.0 Å². The number of benzene rings is 7. The van der Waals surface area contributed by atoms with E-state index in [9.17, 15) is 4.79 Å². The van der Waals surface area contributed by atoms with Gasteiger partial charge in [-0.25, -0.2) is 19.7 Å². The van der Waals surface area contributed by atoms with Crippen LogP contribution in [0.25, 0.3) is 100 Å². The fourth-order valence-electron chi connectivity index (χ4n) is 7.43. The molecule has 0 saturated carbocycles. The molecule has 0 N–H and O–H groups in total. The zero-order valence-corrected chi connectivity index (χ0v) is 29.0. The maximum absolute atomic E-state index is 12.5. The number of hydrogen-bond donors (Lipinski definition) is 0. The molecule has 0 unspecified atom stereocenters. The van der Waals surface area contributed by atoms with Crippen LogP contribution in [0.1, 0.15) is 0 Å². The van der Waals surface area contributed by atoms with Crippen LogP contribution in [0.5, 0.6) is 0 Å². The van der Waals surface area contributed by atoms with Gasteiger partial charge in [0.2, 0.25) is 0 Å². The van der Waals surface area contributed by atoms with Crippen LogP contribution in [0.2, 0.25) is 0 Å². The van der Waals surface area contributed by atoms with Crippen LogP contribution in [0, 0.1) is 0 Å². The molecule has 0 spiro atoms. The van der Waals surface area contributed by atoms with Crippen molar-refractivity contribution < 1.29 is 4.42 Å². The maximum atomic E-state index is 12.5. The van der Waals surface area contributed by atoms with Gasteiger partial charge in [0.1, 0.15) is 11.2 Å². The largest absolute Gasteiger partial charge is 0.456 e. The van der Waals surface area contributed by atoms with Gasteiger partial charge in [-0.15, -0.1) is 0 Å². The molecule has 0 aliphatic rings. The average molecular weight is 686 g/mol. The van der Waals surface area contributed by atoms with Crippen LogP contribution in [-0.2, 0) is 14.1 Å². The second-order valence-corrected chi connectivity index (χ2v) is 13.4. The quantitative estimate of drug-likeness (QED) is 0.180. The first-order valence-corrected chi connectivity index (χ1v) is 17.5. The Bertz CT molecular complexity index is 3100. The molecule has 0 bridgehead atoms. The van der Waals surface area contributed by atoms with E-state index >= 15 is 0 Å². The van der Waals surface area contributed by atoms with Gasteiger partial charge in [0.25, 0.3) is 0 Å². The molecular weight excluding hydrogens is 655 g/mol. The molecule has 0 aliphatic heterocycles. The Morgan fingerprint density at radius 1 is 0.453 bits per heavy atom. The lowest BCUT2D eigenvalue weighted by Crippen LogP contribution is -2.19. The summed E-state index contributed by atoms with van der Waals surface area (Å²) < 4.78 is 9.73.